The van der Waals surface area contributed by atoms with Gasteiger partial charge in [0.1, 0.15) is 11.6 Å². The van der Waals surface area contributed by atoms with Gasteiger partial charge in [-0.05, 0) is 31.2 Å². The molecule has 0 aliphatic carbocycles. The molecule has 1 atom stereocenters. The number of aromatic nitrogens is 2. The van der Waals surface area contributed by atoms with Gasteiger partial charge in [-0.3, -0.25) is 0 Å². The normalized spacial score (nSPS) is 14.0. The Bertz CT molecular complexity index is 823. The molecule has 0 N–H and O–H groups in total. The molecular weight excluding hydrogens is 296 g/mol. The van der Waals surface area contributed by atoms with E-state index in [0.717, 1.165) is 17.1 Å². The Kier molecular flexibility index (Phi) is 3.22. The number of imidazole rings is 1. The van der Waals surface area contributed by atoms with E-state index in [1.807, 2.05) is 30.5 Å². The molecule has 0 saturated carbocycles. The van der Waals surface area contributed by atoms with E-state index in [2.05, 4.69) is 16.5 Å². The molecule has 6 nitrogen and oxygen atoms in total. The van der Waals surface area contributed by atoms with Crippen LogP contribution >= 0.6 is 0 Å². The highest BCUT2D eigenvalue weighted by Gasteiger charge is 2.23. The molecule has 1 unspecified atom stereocenters. The molecule has 118 valence electrons. The third-order valence-electron chi connectivity index (χ3n) is 3.96. The number of benzene rings is 1. The first-order valence-corrected chi connectivity index (χ1v) is 7.32. The van der Waals surface area contributed by atoms with Crippen molar-refractivity contribution in [1.29, 1.82) is 0 Å². The molecule has 0 fully saturated rings. The molecule has 3 heterocycles. The number of ether oxygens (including phenoxy) is 3. The van der Waals surface area contributed by atoms with Crippen LogP contribution in [-0.2, 0) is 0 Å². The second kappa shape index (κ2) is 5.39. The Hall–Kier alpha value is -2.89. The molecular formula is C17H16N2O4. The molecule has 23 heavy (non-hydrogen) atoms. The standard InChI is InChI=1S/C17H16N2O4/c1-11(13-4-3-7-21-13)19-6-5-18-17(19)12-8-14(20-2)16-15(9-12)22-10-23-16/h3-9,11H,10H2,1-2H3. The maximum atomic E-state index is 5.51. The molecule has 6 heteroatoms. The monoisotopic (exact) mass is 312 g/mol. The van der Waals surface area contributed by atoms with Gasteiger partial charge >= 0.3 is 0 Å². The first kappa shape index (κ1) is 13.8. The summed E-state index contributed by atoms with van der Waals surface area (Å²) in [5.74, 6) is 3.62. The summed E-state index contributed by atoms with van der Waals surface area (Å²) in [6, 6.07) is 7.68. The highest BCUT2D eigenvalue weighted by atomic mass is 16.7. The molecule has 0 spiro atoms. The predicted octanol–water partition coefficient (Wildman–Crippen LogP) is 3.49. The van der Waals surface area contributed by atoms with Crippen molar-refractivity contribution in [2.75, 3.05) is 13.9 Å². The van der Waals surface area contributed by atoms with Gasteiger partial charge in [0.2, 0.25) is 12.5 Å². The summed E-state index contributed by atoms with van der Waals surface area (Å²) >= 11 is 0. The molecule has 1 aliphatic rings. The molecule has 2 aromatic heterocycles. The first-order valence-electron chi connectivity index (χ1n) is 7.32. The summed E-state index contributed by atoms with van der Waals surface area (Å²) < 4.78 is 23.9. The molecule has 0 amide bonds. The van der Waals surface area contributed by atoms with Crippen LogP contribution in [-0.4, -0.2) is 23.5 Å². The summed E-state index contributed by atoms with van der Waals surface area (Å²) in [6.07, 6.45) is 5.37. The highest BCUT2D eigenvalue weighted by Crippen LogP contribution is 2.44. The van der Waals surface area contributed by atoms with Crippen LogP contribution in [0.5, 0.6) is 17.2 Å². The molecule has 4 rings (SSSR count). The van der Waals surface area contributed by atoms with Crippen LogP contribution in [0.1, 0.15) is 18.7 Å². The summed E-state index contributed by atoms with van der Waals surface area (Å²) in [5.41, 5.74) is 0.898. The minimum Gasteiger partial charge on any atom is -0.493 e. The maximum absolute atomic E-state index is 5.51. The van der Waals surface area contributed by atoms with E-state index in [-0.39, 0.29) is 12.8 Å². The first-order chi connectivity index (χ1) is 11.3. The van der Waals surface area contributed by atoms with Crippen molar-refractivity contribution in [3.8, 4) is 28.6 Å². The van der Waals surface area contributed by atoms with E-state index in [0.29, 0.717) is 17.2 Å². The van der Waals surface area contributed by atoms with Gasteiger partial charge in [0.25, 0.3) is 0 Å². The topological polar surface area (TPSA) is 58.7 Å². The Morgan fingerprint density at radius 3 is 3.00 bits per heavy atom. The van der Waals surface area contributed by atoms with E-state index >= 15 is 0 Å². The van der Waals surface area contributed by atoms with Crippen LogP contribution in [0.2, 0.25) is 0 Å². The van der Waals surface area contributed by atoms with E-state index in [9.17, 15) is 0 Å². The fourth-order valence-corrected chi connectivity index (χ4v) is 2.77. The summed E-state index contributed by atoms with van der Waals surface area (Å²) in [7, 11) is 1.61. The van der Waals surface area contributed by atoms with E-state index in [1.165, 1.54) is 0 Å². The number of hydrogen-bond donors (Lipinski definition) is 0. The number of methoxy groups -OCH3 is 1. The lowest BCUT2D eigenvalue weighted by atomic mass is 10.1. The number of fused-ring (bicyclic) bond motifs is 1. The van der Waals surface area contributed by atoms with E-state index in [4.69, 9.17) is 18.6 Å². The third kappa shape index (κ3) is 2.23. The minimum atomic E-state index is 0.0268. The van der Waals surface area contributed by atoms with Gasteiger partial charge in [0, 0.05) is 18.0 Å². The zero-order valence-corrected chi connectivity index (χ0v) is 12.9. The van der Waals surface area contributed by atoms with E-state index in [1.54, 1.807) is 19.6 Å². The molecule has 1 aliphatic heterocycles. The predicted molar refractivity (Wildman–Crippen MR) is 82.9 cm³/mol. The van der Waals surface area contributed by atoms with Gasteiger partial charge < -0.3 is 23.2 Å². The van der Waals surface area contributed by atoms with Gasteiger partial charge in [0.15, 0.2) is 11.5 Å². The average molecular weight is 312 g/mol. The fourth-order valence-electron chi connectivity index (χ4n) is 2.77. The minimum absolute atomic E-state index is 0.0268. The molecule has 0 bridgehead atoms. The quantitative estimate of drug-likeness (QED) is 0.738. The van der Waals surface area contributed by atoms with Gasteiger partial charge in [-0.2, -0.15) is 0 Å². The van der Waals surface area contributed by atoms with Crippen molar-refractivity contribution in [1.82, 2.24) is 9.55 Å². The SMILES string of the molecule is COc1cc(-c2nccn2C(C)c2ccco2)cc2c1OCO2. The number of furan rings is 1. The van der Waals surface area contributed by atoms with Crippen LogP contribution in [0.25, 0.3) is 11.4 Å². The molecule has 3 aromatic rings. The molecule has 0 saturated heterocycles. The second-order valence-electron chi connectivity index (χ2n) is 5.26. The second-order valence-corrected chi connectivity index (χ2v) is 5.26. The lowest BCUT2D eigenvalue weighted by Gasteiger charge is -2.15. The number of nitrogens with zero attached hydrogens (tertiary/aromatic N) is 2. The lowest BCUT2D eigenvalue weighted by Crippen LogP contribution is -2.06. The summed E-state index contributed by atoms with van der Waals surface area (Å²) in [6.45, 7) is 2.26. The average Bonchev–Trinajstić information content (AvgIpc) is 3.33. The maximum Gasteiger partial charge on any atom is 0.231 e. The molecule has 1 aromatic carbocycles. The Morgan fingerprint density at radius 1 is 1.30 bits per heavy atom. The third-order valence-corrected chi connectivity index (χ3v) is 3.96. The number of hydrogen-bond acceptors (Lipinski definition) is 5. The Labute approximate surface area is 133 Å². The van der Waals surface area contributed by atoms with Crippen molar-refractivity contribution < 1.29 is 18.6 Å². The number of rotatable bonds is 4. The van der Waals surface area contributed by atoms with Crippen LogP contribution in [0.3, 0.4) is 0 Å². The van der Waals surface area contributed by atoms with Crippen molar-refractivity contribution in [2.45, 2.75) is 13.0 Å². The Morgan fingerprint density at radius 2 is 2.22 bits per heavy atom. The van der Waals surface area contributed by atoms with Crippen LogP contribution in [0.15, 0.2) is 47.3 Å². The summed E-state index contributed by atoms with van der Waals surface area (Å²) in [4.78, 5) is 4.49. The molecule has 0 radical (unpaired) electrons. The van der Waals surface area contributed by atoms with Crippen molar-refractivity contribution in [3.63, 3.8) is 0 Å². The van der Waals surface area contributed by atoms with Crippen LogP contribution < -0.4 is 14.2 Å². The summed E-state index contributed by atoms with van der Waals surface area (Å²) in [5, 5.41) is 0. The zero-order chi connectivity index (χ0) is 15.8. The van der Waals surface area contributed by atoms with Gasteiger partial charge in [-0.15, -0.1) is 0 Å². The Balaban J connectivity index is 1.79. The van der Waals surface area contributed by atoms with E-state index < -0.39 is 0 Å². The zero-order valence-electron chi connectivity index (χ0n) is 12.9. The van der Waals surface area contributed by atoms with Gasteiger partial charge in [0.05, 0.1) is 19.4 Å². The van der Waals surface area contributed by atoms with Crippen LogP contribution in [0, 0.1) is 0 Å². The largest absolute Gasteiger partial charge is 0.493 e. The highest BCUT2D eigenvalue weighted by molar-refractivity contribution is 5.67. The lowest BCUT2D eigenvalue weighted by molar-refractivity contribution is 0.171. The van der Waals surface area contributed by atoms with Crippen molar-refractivity contribution in [3.05, 3.63) is 48.7 Å². The van der Waals surface area contributed by atoms with Gasteiger partial charge in [-0.25, -0.2) is 4.98 Å². The fraction of sp³-hybridized carbons (Fsp3) is 0.235. The van der Waals surface area contributed by atoms with Gasteiger partial charge in [-0.1, -0.05) is 0 Å². The van der Waals surface area contributed by atoms with Crippen molar-refractivity contribution in [2.24, 2.45) is 0 Å². The smallest absolute Gasteiger partial charge is 0.231 e. The van der Waals surface area contributed by atoms with Crippen molar-refractivity contribution >= 4 is 0 Å². The van der Waals surface area contributed by atoms with Crippen LogP contribution in [0.4, 0.5) is 0 Å².